The normalized spacial score (nSPS) is 9.60. The van der Waals surface area contributed by atoms with Crippen molar-refractivity contribution in [1.29, 1.82) is 0 Å². The summed E-state index contributed by atoms with van der Waals surface area (Å²) in [4.78, 5) is 0. The van der Waals surface area contributed by atoms with Gasteiger partial charge in [-0.05, 0) is 0 Å². The molecule has 0 aliphatic heterocycles. The van der Waals surface area contributed by atoms with Gasteiger partial charge in [-0.2, -0.15) is 0 Å². The first-order valence-electron chi connectivity index (χ1n) is 1.62. The SMILES string of the molecule is [CH3][Ge]([CH3])[CH2]Cl. The summed E-state index contributed by atoms with van der Waals surface area (Å²) < 4.78 is 0.944. The molecule has 0 fully saturated rings. The summed E-state index contributed by atoms with van der Waals surface area (Å²) in [5.74, 6) is 4.51. The molecule has 0 N–H and O–H groups in total. The Morgan fingerprint density at radius 1 is 1.60 bits per heavy atom. The molecule has 5 heavy (non-hydrogen) atoms. The summed E-state index contributed by atoms with van der Waals surface area (Å²) in [5, 5.41) is 0. The molecule has 0 heterocycles. The Balaban J connectivity index is 2.54. The van der Waals surface area contributed by atoms with Crippen LogP contribution in [0.2, 0.25) is 11.5 Å². The van der Waals surface area contributed by atoms with Gasteiger partial charge in [0.15, 0.2) is 0 Å². The van der Waals surface area contributed by atoms with Gasteiger partial charge in [-0.1, -0.05) is 0 Å². The van der Waals surface area contributed by atoms with Gasteiger partial charge in [0.2, 0.25) is 0 Å². The fourth-order valence-corrected chi connectivity index (χ4v) is 0. The quantitative estimate of drug-likeness (QED) is 0.394. The maximum absolute atomic E-state index is 5.41. The Labute approximate surface area is 42.6 Å². The monoisotopic (exact) mass is 153 g/mol. The van der Waals surface area contributed by atoms with Crippen LogP contribution in [-0.4, -0.2) is 19.1 Å². The van der Waals surface area contributed by atoms with Gasteiger partial charge in [0.25, 0.3) is 0 Å². The van der Waals surface area contributed by atoms with Gasteiger partial charge in [0.05, 0.1) is 0 Å². The van der Waals surface area contributed by atoms with Gasteiger partial charge in [-0.15, -0.1) is 0 Å². The second-order valence-electron chi connectivity index (χ2n) is 1.34. The van der Waals surface area contributed by atoms with Crippen LogP contribution < -0.4 is 0 Å². The van der Waals surface area contributed by atoms with Crippen LogP contribution in [0.15, 0.2) is 0 Å². The van der Waals surface area contributed by atoms with E-state index in [9.17, 15) is 0 Å². The number of hydrogen-bond acceptors (Lipinski definition) is 0. The van der Waals surface area contributed by atoms with Crippen molar-refractivity contribution < 1.29 is 0 Å². The second-order valence-corrected chi connectivity index (χ2v) is 8.36. The second kappa shape index (κ2) is 3.04. The van der Waals surface area contributed by atoms with Crippen molar-refractivity contribution in [2.45, 2.75) is 11.5 Å². The molecular weight excluding hydrogens is 144 g/mol. The molecule has 0 rings (SSSR count). The molecule has 0 atom stereocenters. The molecule has 0 nitrogen and oxygen atoms in total. The van der Waals surface area contributed by atoms with Gasteiger partial charge in [0.1, 0.15) is 0 Å². The van der Waals surface area contributed by atoms with Gasteiger partial charge >= 0.3 is 42.2 Å². The minimum absolute atomic E-state index is 0.591. The summed E-state index contributed by atoms with van der Waals surface area (Å²) in [5.41, 5.74) is 0. The number of hydrogen-bond donors (Lipinski definition) is 0. The van der Waals surface area contributed by atoms with E-state index >= 15 is 0 Å². The van der Waals surface area contributed by atoms with Crippen LogP contribution in [0.25, 0.3) is 0 Å². The average molecular weight is 152 g/mol. The van der Waals surface area contributed by atoms with Crippen molar-refractivity contribution >= 4 is 25.9 Å². The molecule has 0 saturated heterocycles. The maximum atomic E-state index is 5.41. The zero-order valence-electron chi connectivity index (χ0n) is 3.59. The molecule has 0 aliphatic carbocycles. The molecule has 2 heteroatoms. The zero-order chi connectivity index (χ0) is 4.28. The number of alkyl halides is 1. The minimum atomic E-state index is -0.591. The molecular formula is C3H8ClGe. The van der Waals surface area contributed by atoms with Gasteiger partial charge in [-0.25, -0.2) is 0 Å². The van der Waals surface area contributed by atoms with Crippen LogP contribution in [0.4, 0.5) is 0 Å². The first-order valence-corrected chi connectivity index (χ1v) is 7.84. The fraction of sp³-hybridized carbons (Fsp3) is 1.00. The van der Waals surface area contributed by atoms with Crippen LogP contribution in [0.5, 0.6) is 0 Å². The van der Waals surface area contributed by atoms with E-state index in [1.54, 1.807) is 0 Å². The van der Waals surface area contributed by atoms with Crippen molar-refractivity contribution in [2.24, 2.45) is 0 Å². The van der Waals surface area contributed by atoms with Gasteiger partial charge in [-0.3, -0.25) is 0 Å². The van der Waals surface area contributed by atoms with E-state index in [4.69, 9.17) is 11.6 Å². The van der Waals surface area contributed by atoms with E-state index in [-0.39, 0.29) is 0 Å². The van der Waals surface area contributed by atoms with E-state index in [1.165, 1.54) is 0 Å². The van der Waals surface area contributed by atoms with Crippen LogP contribution in [0.1, 0.15) is 0 Å². The summed E-state index contributed by atoms with van der Waals surface area (Å²) in [6.07, 6.45) is 0. The Hall–Kier alpha value is 0.833. The van der Waals surface area contributed by atoms with Crippen molar-refractivity contribution in [1.82, 2.24) is 0 Å². The third kappa shape index (κ3) is 4.83. The molecule has 0 aromatic rings. The van der Waals surface area contributed by atoms with E-state index in [2.05, 4.69) is 11.5 Å². The van der Waals surface area contributed by atoms with E-state index < -0.39 is 14.3 Å². The van der Waals surface area contributed by atoms with Crippen molar-refractivity contribution in [3.63, 3.8) is 0 Å². The zero-order valence-corrected chi connectivity index (χ0v) is 6.44. The van der Waals surface area contributed by atoms with E-state index in [0.717, 1.165) is 4.71 Å². The molecule has 0 amide bonds. The Kier molecular flexibility index (Phi) is 3.55. The van der Waals surface area contributed by atoms with Crippen molar-refractivity contribution in [2.75, 3.05) is 4.71 Å². The summed E-state index contributed by atoms with van der Waals surface area (Å²) in [6.45, 7) is 0. The van der Waals surface area contributed by atoms with Crippen molar-refractivity contribution in [3.05, 3.63) is 0 Å². The van der Waals surface area contributed by atoms with Crippen LogP contribution >= 0.6 is 11.6 Å². The van der Waals surface area contributed by atoms with Crippen LogP contribution in [-0.2, 0) is 0 Å². The van der Waals surface area contributed by atoms with Crippen LogP contribution in [0, 0.1) is 0 Å². The Morgan fingerprint density at radius 2 is 1.80 bits per heavy atom. The standard InChI is InChI=1S/C3H8ClGe/c1-5(2)3-4/h3H2,1-2H3. The Morgan fingerprint density at radius 3 is 1.80 bits per heavy atom. The van der Waals surface area contributed by atoms with Gasteiger partial charge in [0, 0.05) is 0 Å². The third-order valence-corrected chi connectivity index (χ3v) is 4.17. The number of halogens is 1. The van der Waals surface area contributed by atoms with Crippen molar-refractivity contribution in [3.8, 4) is 0 Å². The molecule has 0 aromatic carbocycles. The first-order chi connectivity index (χ1) is 2.27. The molecule has 1 radical (unpaired) electrons. The molecule has 0 bridgehead atoms. The average Bonchev–Trinajstić information content (AvgIpc) is 1.38. The van der Waals surface area contributed by atoms with E-state index in [0.29, 0.717) is 0 Å². The third-order valence-electron chi connectivity index (χ3n) is 0.267. The molecule has 0 aliphatic rings. The van der Waals surface area contributed by atoms with E-state index in [1.807, 2.05) is 0 Å². The number of rotatable bonds is 1. The molecule has 0 saturated carbocycles. The fourth-order valence-electron chi connectivity index (χ4n) is 0. The Bertz CT molecular complexity index is 20.9. The van der Waals surface area contributed by atoms with Crippen LogP contribution in [0.3, 0.4) is 0 Å². The summed E-state index contributed by atoms with van der Waals surface area (Å²) >= 11 is 4.82. The topological polar surface area (TPSA) is 0 Å². The molecule has 0 unspecified atom stereocenters. The molecule has 0 spiro atoms. The van der Waals surface area contributed by atoms with Gasteiger partial charge < -0.3 is 0 Å². The first kappa shape index (κ1) is 5.83. The summed E-state index contributed by atoms with van der Waals surface area (Å²) in [7, 11) is 0. The predicted octanol–water partition coefficient (Wildman–Crippen LogP) is 1.52. The summed E-state index contributed by atoms with van der Waals surface area (Å²) in [6, 6.07) is 0. The predicted molar refractivity (Wildman–Crippen MR) is 28.2 cm³/mol. The molecule has 31 valence electrons. The molecule has 0 aromatic heterocycles.